The van der Waals surface area contributed by atoms with Crippen molar-refractivity contribution in [3.63, 3.8) is 0 Å². The molecule has 0 fully saturated rings. The molecular formula is C12H13BrFN3O. The van der Waals surface area contributed by atoms with Crippen LogP contribution in [0.15, 0.2) is 22.8 Å². The summed E-state index contributed by atoms with van der Waals surface area (Å²) in [5.74, 6) is 0.528. The Morgan fingerprint density at radius 2 is 2.22 bits per heavy atom. The van der Waals surface area contributed by atoms with E-state index in [-0.39, 0.29) is 5.75 Å². The van der Waals surface area contributed by atoms with Gasteiger partial charge in [-0.3, -0.25) is 0 Å². The Hall–Kier alpha value is -1.40. The summed E-state index contributed by atoms with van der Waals surface area (Å²) in [5.41, 5.74) is 6.93. The van der Waals surface area contributed by atoms with Gasteiger partial charge >= 0.3 is 0 Å². The van der Waals surface area contributed by atoms with Crippen molar-refractivity contribution in [2.24, 2.45) is 12.8 Å². The fourth-order valence-electron chi connectivity index (χ4n) is 1.70. The first-order valence-electron chi connectivity index (χ1n) is 5.33. The van der Waals surface area contributed by atoms with Gasteiger partial charge in [-0.15, -0.1) is 0 Å². The third kappa shape index (κ3) is 2.13. The van der Waals surface area contributed by atoms with Crippen molar-refractivity contribution in [2.45, 2.75) is 6.54 Å². The van der Waals surface area contributed by atoms with Crippen molar-refractivity contribution in [3.8, 4) is 17.0 Å². The minimum Gasteiger partial charge on any atom is -0.494 e. The average molecular weight is 314 g/mol. The van der Waals surface area contributed by atoms with Crippen molar-refractivity contribution in [1.82, 2.24) is 9.55 Å². The molecule has 0 aliphatic rings. The second-order valence-corrected chi connectivity index (χ2v) is 4.53. The van der Waals surface area contributed by atoms with E-state index < -0.39 is 5.82 Å². The number of hydrogen-bond donors (Lipinski definition) is 1. The molecule has 1 heterocycles. The van der Waals surface area contributed by atoms with Gasteiger partial charge in [0.2, 0.25) is 0 Å². The van der Waals surface area contributed by atoms with Crippen LogP contribution >= 0.6 is 15.9 Å². The van der Waals surface area contributed by atoms with Crippen LogP contribution in [0.5, 0.6) is 5.75 Å². The van der Waals surface area contributed by atoms with E-state index in [4.69, 9.17) is 10.5 Å². The Bertz CT molecular complexity index is 583. The highest BCUT2D eigenvalue weighted by Gasteiger charge is 2.14. The lowest BCUT2D eigenvalue weighted by molar-refractivity contribution is 0.386. The van der Waals surface area contributed by atoms with Crippen molar-refractivity contribution in [3.05, 3.63) is 34.4 Å². The van der Waals surface area contributed by atoms with Gasteiger partial charge in [0.05, 0.1) is 13.7 Å². The van der Waals surface area contributed by atoms with Crippen molar-refractivity contribution in [1.29, 1.82) is 0 Å². The standard InChI is InChI=1S/C12H13BrFN3O/c1-17-10(6-15)16-11(12(17)13)7-3-4-9(18-2)8(14)5-7/h3-5H,6,15H2,1-2H3. The van der Waals surface area contributed by atoms with Crippen LogP contribution in [-0.4, -0.2) is 16.7 Å². The summed E-state index contributed by atoms with van der Waals surface area (Å²) < 4.78 is 21.1. The van der Waals surface area contributed by atoms with Gasteiger partial charge in [-0.2, -0.15) is 0 Å². The van der Waals surface area contributed by atoms with Crippen LogP contribution in [0.3, 0.4) is 0 Å². The molecular weight excluding hydrogens is 301 g/mol. The third-order valence-electron chi connectivity index (χ3n) is 2.73. The van der Waals surface area contributed by atoms with Gasteiger partial charge in [0, 0.05) is 12.6 Å². The number of nitrogens with two attached hydrogens (primary N) is 1. The molecule has 0 saturated heterocycles. The number of benzene rings is 1. The molecule has 0 atom stereocenters. The van der Waals surface area contributed by atoms with Crippen molar-refractivity contribution in [2.75, 3.05) is 7.11 Å². The van der Waals surface area contributed by atoms with Gasteiger partial charge in [0.25, 0.3) is 0 Å². The lowest BCUT2D eigenvalue weighted by atomic mass is 10.1. The zero-order chi connectivity index (χ0) is 13.3. The van der Waals surface area contributed by atoms with E-state index in [9.17, 15) is 4.39 Å². The van der Waals surface area contributed by atoms with E-state index >= 15 is 0 Å². The summed E-state index contributed by atoms with van der Waals surface area (Å²) in [5, 5.41) is 0. The van der Waals surface area contributed by atoms with Gasteiger partial charge in [-0.05, 0) is 34.1 Å². The van der Waals surface area contributed by atoms with Crippen LogP contribution in [0, 0.1) is 5.82 Å². The van der Waals surface area contributed by atoms with Crippen LogP contribution in [0.25, 0.3) is 11.3 Å². The van der Waals surface area contributed by atoms with E-state index in [1.807, 2.05) is 11.6 Å². The van der Waals surface area contributed by atoms with Crippen LogP contribution < -0.4 is 10.5 Å². The largest absolute Gasteiger partial charge is 0.494 e. The first-order chi connectivity index (χ1) is 8.58. The molecule has 0 radical (unpaired) electrons. The molecule has 6 heteroatoms. The van der Waals surface area contributed by atoms with Crippen LogP contribution in [0.1, 0.15) is 5.82 Å². The molecule has 0 aliphatic heterocycles. The molecule has 1 aromatic heterocycles. The van der Waals surface area contributed by atoms with Gasteiger partial charge in [-0.1, -0.05) is 0 Å². The minimum absolute atomic E-state index is 0.213. The van der Waals surface area contributed by atoms with Gasteiger partial charge in [0.1, 0.15) is 16.1 Å². The van der Waals surface area contributed by atoms with Crippen molar-refractivity contribution < 1.29 is 9.13 Å². The van der Waals surface area contributed by atoms with E-state index in [2.05, 4.69) is 20.9 Å². The first-order valence-corrected chi connectivity index (χ1v) is 6.12. The smallest absolute Gasteiger partial charge is 0.165 e. The SMILES string of the molecule is COc1ccc(-c2nc(CN)n(C)c2Br)cc1F. The maximum absolute atomic E-state index is 13.7. The highest BCUT2D eigenvalue weighted by Crippen LogP contribution is 2.30. The normalized spacial score (nSPS) is 10.7. The Morgan fingerprint density at radius 1 is 1.50 bits per heavy atom. The predicted molar refractivity (Wildman–Crippen MR) is 70.7 cm³/mol. The number of aromatic nitrogens is 2. The van der Waals surface area contributed by atoms with E-state index in [0.29, 0.717) is 17.8 Å². The molecule has 0 aliphatic carbocycles. The quantitative estimate of drug-likeness (QED) is 0.947. The van der Waals surface area contributed by atoms with E-state index in [1.54, 1.807) is 12.1 Å². The monoisotopic (exact) mass is 313 g/mol. The number of imidazole rings is 1. The number of methoxy groups -OCH3 is 1. The zero-order valence-corrected chi connectivity index (χ0v) is 11.7. The Labute approximate surface area is 113 Å². The maximum atomic E-state index is 13.7. The number of ether oxygens (including phenoxy) is 1. The lowest BCUT2D eigenvalue weighted by Gasteiger charge is -2.04. The summed E-state index contributed by atoms with van der Waals surface area (Å²) in [4.78, 5) is 4.38. The summed E-state index contributed by atoms with van der Waals surface area (Å²) in [6.45, 7) is 0.327. The molecule has 0 unspecified atom stereocenters. The molecule has 2 rings (SSSR count). The maximum Gasteiger partial charge on any atom is 0.165 e. The van der Waals surface area contributed by atoms with Crippen LogP contribution in [-0.2, 0) is 13.6 Å². The molecule has 1 aromatic carbocycles. The number of nitrogens with zero attached hydrogens (tertiary/aromatic N) is 2. The first kappa shape index (κ1) is 13.0. The van der Waals surface area contributed by atoms with E-state index in [0.717, 1.165) is 10.4 Å². The average Bonchev–Trinajstić information content (AvgIpc) is 2.66. The summed E-state index contributed by atoms with van der Waals surface area (Å²) in [7, 11) is 3.28. The fourth-order valence-corrected chi connectivity index (χ4v) is 2.22. The number of rotatable bonds is 3. The Balaban J connectivity index is 2.52. The van der Waals surface area contributed by atoms with Crippen LogP contribution in [0.4, 0.5) is 4.39 Å². The van der Waals surface area contributed by atoms with Crippen molar-refractivity contribution >= 4 is 15.9 Å². The van der Waals surface area contributed by atoms with Gasteiger partial charge < -0.3 is 15.0 Å². The highest BCUT2D eigenvalue weighted by atomic mass is 79.9. The predicted octanol–water partition coefficient (Wildman–Crippen LogP) is 2.46. The van der Waals surface area contributed by atoms with E-state index in [1.165, 1.54) is 13.2 Å². The molecule has 0 spiro atoms. The second-order valence-electron chi connectivity index (χ2n) is 3.78. The fraction of sp³-hybridized carbons (Fsp3) is 0.250. The van der Waals surface area contributed by atoms with Crippen LogP contribution in [0.2, 0.25) is 0 Å². The molecule has 2 aromatic rings. The van der Waals surface area contributed by atoms with Gasteiger partial charge in [-0.25, -0.2) is 9.37 Å². The van der Waals surface area contributed by atoms with Gasteiger partial charge in [0.15, 0.2) is 11.6 Å². The molecule has 2 N–H and O–H groups in total. The summed E-state index contributed by atoms with van der Waals surface area (Å²) in [6.07, 6.45) is 0. The highest BCUT2D eigenvalue weighted by molar-refractivity contribution is 9.10. The molecule has 0 saturated carbocycles. The topological polar surface area (TPSA) is 53.1 Å². The molecule has 96 valence electrons. The summed E-state index contributed by atoms with van der Waals surface area (Å²) >= 11 is 3.43. The Morgan fingerprint density at radius 3 is 2.72 bits per heavy atom. The molecule has 0 amide bonds. The lowest BCUT2D eigenvalue weighted by Crippen LogP contribution is -2.04. The molecule has 0 bridgehead atoms. The minimum atomic E-state index is -0.415. The third-order valence-corrected chi connectivity index (χ3v) is 3.63. The Kier molecular flexibility index (Phi) is 3.68. The number of halogens is 2. The molecule has 18 heavy (non-hydrogen) atoms. The second kappa shape index (κ2) is 5.07. The molecule has 4 nitrogen and oxygen atoms in total. The zero-order valence-electron chi connectivity index (χ0n) is 10.1. The number of hydrogen-bond acceptors (Lipinski definition) is 3. The summed E-state index contributed by atoms with van der Waals surface area (Å²) in [6, 6.07) is 4.73.